The predicted molar refractivity (Wildman–Crippen MR) is 67.6 cm³/mol. The molecule has 5 heteroatoms. The van der Waals surface area contributed by atoms with Gasteiger partial charge in [0.1, 0.15) is 6.04 Å². The van der Waals surface area contributed by atoms with Crippen LogP contribution in [0.5, 0.6) is 0 Å². The van der Waals surface area contributed by atoms with E-state index in [1.165, 1.54) is 11.3 Å². The molecule has 2 rings (SSSR count). The van der Waals surface area contributed by atoms with Crippen molar-refractivity contribution in [3.63, 3.8) is 0 Å². The normalized spacial score (nSPS) is 26.2. The Morgan fingerprint density at radius 1 is 1.76 bits per heavy atom. The molecule has 17 heavy (non-hydrogen) atoms. The Morgan fingerprint density at radius 2 is 2.53 bits per heavy atom. The summed E-state index contributed by atoms with van der Waals surface area (Å²) in [6.07, 6.45) is 0.939. The summed E-state index contributed by atoms with van der Waals surface area (Å²) in [5.74, 6) is 0.273. The van der Waals surface area contributed by atoms with Crippen LogP contribution in [0.1, 0.15) is 24.3 Å². The van der Waals surface area contributed by atoms with Gasteiger partial charge in [-0.3, -0.25) is 4.79 Å². The smallest absolute Gasteiger partial charge is 0.245 e. The lowest BCUT2D eigenvalue weighted by Gasteiger charge is -2.27. The van der Waals surface area contributed by atoms with Crippen LogP contribution < -0.4 is 5.73 Å². The van der Waals surface area contributed by atoms with Gasteiger partial charge in [-0.1, -0.05) is 13.0 Å². The summed E-state index contributed by atoms with van der Waals surface area (Å²) in [5.41, 5.74) is 5.96. The van der Waals surface area contributed by atoms with Crippen LogP contribution in [0.4, 0.5) is 0 Å². The van der Waals surface area contributed by atoms with E-state index in [9.17, 15) is 9.90 Å². The number of likely N-dealkylation sites (tertiary alicyclic amines) is 1. The zero-order valence-corrected chi connectivity index (χ0v) is 10.7. The fourth-order valence-corrected chi connectivity index (χ4v) is 3.05. The second-order valence-corrected chi connectivity index (χ2v) is 5.52. The first kappa shape index (κ1) is 12.5. The lowest BCUT2D eigenvalue weighted by molar-refractivity contribution is -0.134. The topological polar surface area (TPSA) is 66.6 Å². The zero-order chi connectivity index (χ0) is 12.4. The molecule has 1 saturated heterocycles. The van der Waals surface area contributed by atoms with Gasteiger partial charge in [0.15, 0.2) is 0 Å². The number of nitrogens with zero attached hydrogens (tertiary/aromatic N) is 1. The molecule has 3 N–H and O–H groups in total. The molecule has 1 amide bonds. The SMILES string of the molecule is CC1CCN(C(=O)C(N)c2cccs2)C1CO. The average Bonchev–Trinajstić information content (AvgIpc) is 2.95. The monoisotopic (exact) mass is 254 g/mol. The molecule has 1 fully saturated rings. The van der Waals surface area contributed by atoms with Gasteiger partial charge < -0.3 is 15.7 Å². The first-order valence-electron chi connectivity index (χ1n) is 5.85. The van der Waals surface area contributed by atoms with Gasteiger partial charge >= 0.3 is 0 Å². The lowest BCUT2D eigenvalue weighted by Crippen LogP contribution is -2.44. The van der Waals surface area contributed by atoms with Crippen molar-refractivity contribution in [2.24, 2.45) is 11.7 Å². The minimum absolute atomic E-state index is 0.0179. The van der Waals surface area contributed by atoms with Crippen LogP contribution in [0.25, 0.3) is 0 Å². The fourth-order valence-electron chi connectivity index (χ4n) is 2.33. The third-order valence-electron chi connectivity index (χ3n) is 3.47. The largest absolute Gasteiger partial charge is 0.394 e. The zero-order valence-electron chi connectivity index (χ0n) is 9.87. The van der Waals surface area contributed by atoms with E-state index in [0.717, 1.165) is 11.3 Å². The fraction of sp³-hybridized carbons (Fsp3) is 0.583. The molecule has 3 unspecified atom stereocenters. The second-order valence-electron chi connectivity index (χ2n) is 4.54. The van der Waals surface area contributed by atoms with Gasteiger partial charge in [-0.05, 0) is 23.8 Å². The second kappa shape index (κ2) is 5.16. The molecule has 0 saturated carbocycles. The minimum Gasteiger partial charge on any atom is -0.394 e. The summed E-state index contributed by atoms with van der Waals surface area (Å²) in [5, 5.41) is 11.3. The third-order valence-corrected chi connectivity index (χ3v) is 4.42. The van der Waals surface area contributed by atoms with E-state index in [2.05, 4.69) is 6.92 Å². The van der Waals surface area contributed by atoms with Crippen molar-refractivity contribution in [3.8, 4) is 0 Å². The Balaban J connectivity index is 2.10. The lowest BCUT2D eigenvalue weighted by atomic mass is 10.0. The molecular weight excluding hydrogens is 236 g/mol. The van der Waals surface area contributed by atoms with Crippen LogP contribution >= 0.6 is 11.3 Å². The molecule has 0 aliphatic carbocycles. The molecule has 0 spiro atoms. The standard InChI is InChI=1S/C12H18N2O2S/c1-8-4-5-14(9(8)7-15)12(16)11(13)10-3-2-6-17-10/h2-3,6,8-9,11,15H,4-5,7,13H2,1H3. The molecule has 0 aromatic carbocycles. The maximum absolute atomic E-state index is 12.3. The van der Waals surface area contributed by atoms with Crippen LogP contribution in [-0.2, 0) is 4.79 Å². The van der Waals surface area contributed by atoms with Gasteiger partial charge in [0.25, 0.3) is 0 Å². The van der Waals surface area contributed by atoms with Gasteiger partial charge in [-0.2, -0.15) is 0 Å². The van der Waals surface area contributed by atoms with E-state index in [0.29, 0.717) is 12.5 Å². The summed E-state index contributed by atoms with van der Waals surface area (Å²) in [4.78, 5) is 14.9. The van der Waals surface area contributed by atoms with E-state index in [1.807, 2.05) is 17.5 Å². The molecule has 0 bridgehead atoms. The minimum atomic E-state index is -0.589. The molecule has 3 atom stereocenters. The highest BCUT2D eigenvalue weighted by Gasteiger charge is 2.36. The number of carbonyl (C=O) groups excluding carboxylic acids is 1. The Morgan fingerprint density at radius 3 is 3.12 bits per heavy atom. The highest BCUT2D eigenvalue weighted by molar-refractivity contribution is 7.10. The maximum Gasteiger partial charge on any atom is 0.245 e. The first-order chi connectivity index (χ1) is 8.15. The van der Waals surface area contributed by atoms with Gasteiger partial charge in [0, 0.05) is 11.4 Å². The molecular formula is C12H18N2O2S. The third kappa shape index (κ3) is 2.36. The van der Waals surface area contributed by atoms with E-state index in [1.54, 1.807) is 4.90 Å². The van der Waals surface area contributed by atoms with Crippen molar-refractivity contribution in [1.82, 2.24) is 4.90 Å². The van der Waals surface area contributed by atoms with Crippen molar-refractivity contribution in [2.45, 2.75) is 25.4 Å². The molecule has 0 radical (unpaired) electrons. The number of nitrogens with two attached hydrogens (primary N) is 1. The number of hydrogen-bond donors (Lipinski definition) is 2. The van der Waals surface area contributed by atoms with E-state index in [4.69, 9.17) is 5.73 Å². The van der Waals surface area contributed by atoms with E-state index >= 15 is 0 Å². The summed E-state index contributed by atoms with van der Waals surface area (Å²) in [6, 6.07) is 3.10. The molecule has 4 nitrogen and oxygen atoms in total. The molecule has 1 aliphatic heterocycles. The van der Waals surface area contributed by atoms with Gasteiger partial charge in [-0.25, -0.2) is 0 Å². The summed E-state index contributed by atoms with van der Waals surface area (Å²) in [6.45, 7) is 2.78. The van der Waals surface area contributed by atoms with E-state index in [-0.39, 0.29) is 18.6 Å². The highest BCUT2D eigenvalue weighted by atomic mass is 32.1. The summed E-state index contributed by atoms with van der Waals surface area (Å²) < 4.78 is 0. The number of thiophene rings is 1. The number of aliphatic hydroxyl groups is 1. The van der Waals surface area contributed by atoms with Crippen molar-refractivity contribution in [3.05, 3.63) is 22.4 Å². The number of carbonyl (C=O) groups is 1. The van der Waals surface area contributed by atoms with Crippen LogP contribution in [0.2, 0.25) is 0 Å². The van der Waals surface area contributed by atoms with Crippen molar-refractivity contribution >= 4 is 17.2 Å². The van der Waals surface area contributed by atoms with Crippen LogP contribution in [0.3, 0.4) is 0 Å². The molecule has 1 aromatic rings. The van der Waals surface area contributed by atoms with Crippen LogP contribution in [-0.4, -0.2) is 35.1 Å². The van der Waals surface area contributed by atoms with E-state index < -0.39 is 6.04 Å². The Bertz CT molecular complexity index is 380. The molecule has 1 aliphatic rings. The van der Waals surface area contributed by atoms with Gasteiger partial charge in [0.2, 0.25) is 5.91 Å². The summed E-state index contributed by atoms with van der Waals surface area (Å²) >= 11 is 1.49. The Kier molecular flexibility index (Phi) is 3.81. The number of hydrogen-bond acceptors (Lipinski definition) is 4. The van der Waals surface area contributed by atoms with Crippen molar-refractivity contribution < 1.29 is 9.90 Å². The predicted octanol–water partition coefficient (Wildman–Crippen LogP) is 0.977. The quantitative estimate of drug-likeness (QED) is 0.845. The van der Waals surface area contributed by atoms with Crippen LogP contribution in [0.15, 0.2) is 17.5 Å². The van der Waals surface area contributed by atoms with Crippen molar-refractivity contribution in [2.75, 3.05) is 13.2 Å². The number of aliphatic hydroxyl groups excluding tert-OH is 1. The van der Waals surface area contributed by atoms with Gasteiger partial charge in [0.05, 0.1) is 12.6 Å². The molecule has 94 valence electrons. The Hall–Kier alpha value is -0.910. The van der Waals surface area contributed by atoms with Crippen LogP contribution in [0, 0.1) is 5.92 Å². The molecule has 2 heterocycles. The highest BCUT2D eigenvalue weighted by Crippen LogP contribution is 2.27. The Labute approximate surface area is 105 Å². The molecule has 1 aromatic heterocycles. The number of rotatable bonds is 3. The van der Waals surface area contributed by atoms with Crippen molar-refractivity contribution in [1.29, 1.82) is 0 Å². The summed E-state index contributed by atoms with van der Waals surface area (Å²) in [7, 11) is 0. The van der Waals surface area contributed by atoms with Gasteiger partial charge in [-0.15, -0.1) is 11.3 Å². The first-order valence-corrected chi connectivity index (χ1v) is 6.73. The average molecular weight is 254 g/mol. The maximum atomic E-state index is 12.3. The number of amides is 1.